The summed E-state index contributed by atoms with van der Waals surface area (Å²) in [6, 6.07) is 6.06. The van der Waals surface area contributed by atoms with Crippen LogP contribution in [-0.4, -0.2) is 43.0 Å². The highest BCUT2D eigenvalue weighted by Gasteiger charge is 2.28. The van der Waals surface area contributed by atoms with Crippen LogP contribution in [0.15, 0.2) is 18.2 Å². The van der Waals surface area contributed by atoms with E-state index < -0.39 is 0 Å². The van der Waals surface area contributed by atoms with E-state index in [1.807, 2.05) is 4.90 Å². The third-order valence-electron chi connectivity index (χ3n) is 5.05. The topological polar surface area (TPSA) is 49.6 Å². The minimum Gasteiger partial charge on any atom is -0.368 e. The van der Waals surface area contributed by atoms with Gasteiger partial charge in [0.05, 0.1) is 6.04 Å². The Balaban J connectivity index is 0.00000264. The number of benzene rings is 1. The molecule has 130 valence electrons. The zero-order chi connectivity index (χ0) is 16.3. The molecule has 1 saturated heterocycles. The van der Waals surface area contributed by atoms with Gasteiger partial charge < -0.3 is 15.5 Å². The van der Waals surface area contributed by atoms with Crippen molar-refractivity contribution in [1.82, 2.24) is 4.90 Å². The van der Waals surface area contributed by atoms with Crippen LogP contribution in [0.5, 0.6) is 0 Å². The summed E-state index contributed by atoms with van der Waals surface area (Å²) in [5, 5.41) is 0. The van der Waals surface area contributed by atoms with Crippen molar-refractivity contribution in [2.45, 2.75) is 40.2 Å². The molecule has 1 aromatic rings. The fourth-order valence-electron chi connectivity index (χ4n) is 2.95. The normalized spacial score (nSPS) is 17.4. The number of hydrogen-bond donors (Lipinski definition) is 1. The monoisotopic (exact) mass is 339 g/mol. The summed E-state index contributed by atoms with van der Waals surface area (Å²) in [7, 11) is 0. The summed E-state index contributed by atoms with van der Waals surface area (Å²) in [5.74, 6) is 0.347. The summed E-state index contributed by atoms with van der Waals surface area (Å²) in [6.07, 6.45) is 0.940. The van der Waals surface area contributed by atoms with Crippen molar-refractivity contribution in [2.24, 2.45) is 11.7 Å². The van der Waals surface area contributed by atoms with Gasteiger partial charge >= 0.3 is 0 Å². The standard InChI is InChI=1S/C18H29N3O.ClH/c1-5-13(2)17(19)18(22)21-11-9-20(10-12-21)16-8-6-7-14(3)15(16)4;/h6-8,13,17H,5,9-12,19H2,1-4H3;1H. The predicted molar refractivity (Wildman–Crippen MR) is 99.4 cm³/mol. The third kappa shape index (κ3) is 4.39. The first kappa shape index (κ1) is 19.8. The molecule has 0 radical (unpaired) electrons. The number of rotatable bonds is 4. The minimum atomic E-state index is -0.364. The van der Waals surface area contributed by atoms with Gasteiger partial charge in [-0.25, -0.2) is 0 Å². The van der Waals surface area contributed by atoms with Crippen molar-refractivity contribution in [2.75, 3.05) is 31.1 Å². The van der Waals surface area contributed by atoms with Crippen molar-refractivity contribution in [3.05, 3.63) is 29.3 Å². The van der Waals surface area contributed by atoms with E-state index in [0.29, 0.717) is 0 Å². The number of piperazine rings is 1. The van der Waals surface area contributed by atoms with Gasteiger partial charge in [0.15, 0.2) is 0 Å². The molecule has 1 heterocycles. The Morgan fingerprint density at radius 2 is 1.83 bits per heavy atom. The van der Waals surface area contributed by atoms with Crippen LogP contribution in [0, 0.1) is 19.8 Å². The maximum Gasteiger partial charge on any atom is 0.239 e. The molecular weight excluding hydrogens is 310 g/mol. The molecule has 0 saturated carbocycles. The van der Waals surface area contributed by atoms with E-state index in [4.69, 9.17) is 5.73 Å². The number of halogens is 1. The highest BCUT2D eigenvalue weighted by atomic mass is 35.5. The van der Waals surface area contributed by atoms with Crippen LogP contribution >= 0.6 is 12.4 Å². The molecule has 0 bridgehead atoms. The van der Waals surface area contributed by atoms with Gasteiger partial charge in [0.2, 0.25) is 5.91 Å². The lowest BCUT2D eigenvalue weighted by Crippen LogP contribution is -2.54. The molecule has 2 rings (SSSR count). The molecule has 1 aromatic carbocycles. The summed E-state index contributed by atoms with van der Waals surface area (Å²) >= 11 is 0. The van der Waals surface area contributed by atoms with Gasteiger partial charge in [0.25, 0.3) is 0 Å². The maximum atomic E-state index is 12.4. The van der Waals surface area contributed by atoms with E-state index in [1.165, 1.54) is 16.8 Å². The largest absolute Gasteiger partial charge is 0.368 e. The Labute approximate surface area is 146 Å². The van der Waals surface area contributed by atoms with Gasteiger partial charge in [-0.1, -0.05) is 32.4 Å². The first-order valence-corrected chi connectivity index (χ1v) is 8.31. The average Bonchev–Trinajstić information content (AvgIpc) is 2.55. The van der Waals surface area contributed by atoms with Crippen molar-refractivity contribution in [1.29, 1.82) is 0 Å². The Morgan fingerprint density at radius 1 is 1.22 bits per heavy atom. The molecule has 1 amide bonds. The zero-order valence-electron chi connectivity index (χ0n) is 14.7. The summed E-state index contributed by atoms with van der Waals surface area (Å²) in [4.78, 5) is 16.7. The van der Waals surface area contributed by atoms with Gasteiger partial charge in [0, 0.05) is 31.9 Å². The van der Waals surface area contributed by atoms with E-state index in [1.54, 1.807) is 0 Å². The van der Waals surface area contributed by atoms with Crippen LogP contribution in [-0.2, 0) is 4.79 Å². The van der Waals surface area contributed by atoms with E-state index in [2.05, 4.69) is 50.8 Å². The molecule has 2 N–H and O–H groups in total. The first-order valence-electron chi connectivity index (χ1n) is 8.31. The molecule has 1 fully saturated rings. The Bertz CT molecular complexity index is 527. The van der Waals surface area contributed by atoms with Gasteiger partial charge in [-0.15, -0.1) is 12.4 Å². The number of nitrogens with zero attached hydrogens (tertiary/aromatic N) is 2. The summed E-state index contributed by atoms with van der Waals surface area (Å²) in [6.45, 7) is 11.7. The van der Waals surface area contributed by atoms with Gasteiger partial charge in [0.1, 0.15) is 0 Å². The van der Waals surface area contributed by atoms with Crippen LogP contribution in [0.4, 0.5) is 5.69 Å². The van der Waals surface area contributed by atoms with E-state index in [9.17, 15) is 4.79 Å². The molecule has 0 aromatic heterocycles. The molecule has 2 atom stereocenters. The van der Waals surface area contributed by atoms with Crippen LogP contribution in [0.25, 0.3) is 0 Å². The van der Waals surface area contributed by atoms with E-state index in [-0.39, 0.29) is 30.3 Å². The smallest absolute Gasteiger partial charge is 0.239 e. The first-order chi connectivity index (χ1) is 10.5. The van der Waals surface area contributed by atoms with Crippen LogP contribution in [0.3, 0.4) is 0 Å². The van der Waals surface area contributed by atoms with Crippen molar-refractivity contribution < 1.29 is 4.79 Å². The van der Waals surface area contributed by atoms with Crippen LogP contribution in [0.1, 0.15) is 31.4 Å². The van der Waals surface area contributed by atoms with E-state index in [0.717, 1.165) is 32.6 Å². The Hall–Kier alpha value is -1.26. The Morgan fingerprint density at radius 3 is 2.39 bits per heavy atom. The molecule has 2 unspecified atom stereocenters. The molecule has 4 nitrogen and oxygen atoms in total. The number of nitrogens with two attached hydrogens (primary N) is 1. The van der Waals surface area contributed by atoms with Gasteiger partial charge in [-0.3, -0.25) is 4.79 Å². The molecule has 1 aliphatic rings. The van der Waals surface area contributed by atoms with Crippen molar-refractivity contribution in [3.63, 3.8) is 0 Å². The second kappa shape index (κ2) is 8.55. The maximum absolute atomic E-state index is 12.4. The molecule has 5 heteroatoms. The third-order valence-corrected chi connectivity index (χ3v) is 5.05. The lowest BCUT2D eigenvalue weighted by molar-refractivity contribution is -0.134. The number of anilines is 1. The molecular formula is C18H30ClN3O. The number of carbonyl (C=O) groups excluding carboxylic acids is 1. The fourth-order valence-corrected chi connectivity index (χ4v) is 2.95. The van der Waals surface area contributed by atoms with Gasteiger partial charge in [-0.05, 0) is 37.0 Å². The minimum absolute atomic E-state index is 0. The number of hydrogen-bond acceptors (Lipinski definition) is 3. The second-order valence-corrected chi connectivity index (χ2v) is 6.44. The number of carbonyl (C=O) groups is 1. The molecule has 0 aliphatic carbocycles. The Kier molecular flexibility index (Phi) is 7.36. The van der Waals surface area contributed by atoms with E-state index >= 15 is 0 Å². The average molecular weight is 340 g/mol. The van der Waals surface area contributed by atoms with Crippen molar-refractivity contribution in [3.8, 4) is 0 Å². The van der Waals surface area contributed by atoms with Crippen LogP contribution < -0.4 is 10.6 Å². The highest BCUT2D eigenvalue weighted by molar-refractivity contribution is 5.85. The fraction of sp³-hybridized carbons (Fsp3) is 0.611. The SMILES string of the molecule is CCC(C)C(N)C(=O)N1CCN(c2cccc(C)c2C)CC1.Cl. The van der Waals surface area contributed by atoms with Gasteiger partial charge in [-0.2, -0.15) is 0 Å². The van der Waals surface area contributed by atoms with Crippen LogP contribution in [0.2, 0.25) is 0 Å². The predicted octanol–water partition coefficient (Wildman–Crippen LogP) is 2.75. The van der Waals surface area contributed by atoms with Crippen molar-refractivity contribution >= 4 is 24.0 Å². The molecule has 1 aliphatic heterocycles. The lowest BCUT2D eigenvalue weighted by Gasteiger charge is -2.38. The second-order valence-electron chi connectivity index (χ2n) is 6.44. The zero-order valence-corrected chi connectivity index (χ0v) is 15.5. The lowest BCUT2D eigenvalue weighted by atomic mass is 9.98. The number of aryl methyl sites for hydroxylation is 1. The molecule has 0 spiro atoms. The highest BCUT2D eigenvalue weighted by Crippen LogP contribution is 2.24. The summed E-state index contributed by atoms with van der Waals surface area (Å²) < 4.78 is 0. The molecule has 23 heavy (non-hydrogen) atoms. The summed E-state index contributed by atoms with van der Waals surface area (Å²) in [5.41, 5.74) is 10.0. The number of amides is 1. The quantitative estimate of drug-likeness (QED) is 0.917.